The third-order valence-corrected chi connectivity index (χ3v) is 3.28. The highest BCUT2D eigenvalue weighted by Crippen LogP contribution is 2.23. The van der Waals surface area contributed by atoms with Crippen molar-refractivity contribution < 1.29 is 9.53 Å². The van der Waals surface area contributed by atoms with Crippen molar-refractivity contribution in [2.24, 2.45) is 5.92 Å². The first-order valence-electron chi connectivity index (χ1n) is 7.88. The van der Waals surface area contributed by atoms with Crippen LogP contribution in [-0.2, 0) is 4.79 Å². The number of benzene rings is 1. The summed E-state index contributed by atoms with van der Waals surface area (Å²) in [6.45, 7) is 6.67. The number of hydrogen-bond acceptors (Lipinski definition) is 4. The second-order valence-electron chi connectivity index (χ2n) is 5.99. The Labute approximate surface area is 142 Å². The molecule has 0 bridgehead atoms. The van der Waals surface area contributed by atoms with Gasteiger partial charge >= 0.3 is 0 Å². The van der Waals surface area contributed by atoms with Crippen LogP contribution in [0.4, 0.5) is 11.5 Å². The van der Waals surface area contributed by atoms with Gasteiger partial charge in [-0.25, -0.2) is 4.98 Å². The molecular formula is C19H23N3O2. The first-order chi connectivity index (χ1) is 11.5. The van der Waals surface area contributed by atoms with E-state index in [2.05, 4.69) is 24.1 Å². The van der Waals surface area contributed by atoms with Crippen molar-refractivity contribution in [3.63, 3.8) is 0 Å². The Morgan fingerprint density at radius 2 is 2.17 bits per heavy atom. The molecule has 2 aromatic rings. The summed E-state index contributed by atoms with van der Waals surface area (Å²) in [5.74, 6) is 1.41. The molecule has 0 aliphatic heterocycles. The van der Waals surface area contributed by atoms with Crippen molar-refractivity contribution in [3.8, 4) is 5.75 Å². The number of nitrogens with one attached hydrogen (secondary N) is 1. The summed E-state index contributed by atoms with van der Waals surface area (Å²) in [6.07, 6.45) is 4.80. The molecule has 0 aliphatic rings. The van der Waals surface area contributed by atoms with Gasteiger partial charge in [0, 0.05) is 12.3 Å². The number of aryl methyl sites for hydroxylation is 1. The molecule has 0 saturated carbocycles. The van der Waals surface area contributed by atoms with Crippen LogP contribution in [0.2, 0.25) is 0 Å². The number of nitrogen functional groups attached to an aromatic ring is 1. The van der Waals surface area contributed by atoms with E-state index >= 15 is 0 Å². The summed E-state index contributed by atoms with van der Waals surface area (Å²) < 4.78 is 5.63. The molecule has 5 heteroatoms. The smallest absolute Gasteiger partial charge is 0.249 e. The fourth-order valence-corrected chi connectivity index (χ4v) is 2.01. The standard InChI is InChI=1S/C19H23N3O2/c1-13(2)12-24-17-8-6-15(11-16(17)20)7-9-18(23)22-19-14(3)5-4-10-21-19/h4-11,13H,12,20H2,1-3H3,(H,21,22,23)/b9-7-. The van der Waals surface area contributed by atoms with Crippen molar-refractivity contribution in [1.82, 2.24) is 4.98 Å². The minimum absolute atomic E-state index is 0.240. The Bertz CT molecular complexity index is 739. The highest BCUT2D eigenvalue weighted by atomic mass is 16.5. The molecule has 126 valence electrons. The molecule has 0 fully saturated rings. The van der Waals surface area contributed by atoms with Crippen molar-refractivity contribution >= 4 is 23.5 Å². The lowest BCUT2D eigenvalue weighted by atomic mass is 10.1. The normalized spacial score (nSPS) is 11.0. The first kappa shape index (κ1) is 17.5. The molecule has 0 unspecified atom stereocenters. The number of nitrogens with two attached hydrogens (primary N) is 1. The van der Waals surface area contributed by atoms with Gasteiger partial charge in [-0.05, 0) is 48.2 Å². The number of amides is 1. The van der Waals surface area contributed by atoms with Gasteiger partial charge in [0.25, 0.3) is 0 Å². The third-order valence-electron chi connectivity index (χ3n) is 3.28. The van der Waals surface area contributed by atoms with Crippen molar-refractivity contribution in [2.45, 2.75) is 20.8 Å². The van der Waals surface area contributed by atoms with E-state index < -0.39 is 0 Å². The molecule has 0 aliphatic carbocycles. The van der Waals surface area contributed by atoms with Gasteiger partial charge in [0.15, 0.2) is 0 Å². The molecule has 2 rings (SSSR count). The molecular weight excluding hydrogens is 302 g/mol. The zero-order valence-electron chi connectivity index (χ0n) is 14.2. The molecule has 1 amide bonds. The van der Waals surface area contributed by atoms with E-state index in [0.29, 0.717) is 29.8 Å². The maximum absolute atomic E-state index is 12.0. The SMILES string of the molecule is Cc1cccnc1NC(=O)/C=C\c1ccc(OCC(C)C)c(N)c1. The molecule has 0 saturated heterocycles. The van der Waals surface area contributed by atoms with Crippen LogP contribution < -0.4 is 15.8 Å². The Morgan fingerprint density at radius 1 is 1.38 bits per heavy atom. The Kier molecular flexibility index (Phi) is 5.95. The second-order valence-corrected chi connectivity index (χ2v) is 5.99. The zero-order valence-corrected chi connectivity index (χ0v) is 14.2. The summed E-state index contributed by atoms with van der Waals surface area (Å²) in [4.78, 5) is 16.1. The number of hydrogen-bond donors (Lipinski definition) is 2. The lowest BCUT2D eigenvalue weighted by molar-refractivity contribution is -0.111. The molecule has 0 radical (unpaired) electrons. The van der Waals surface area contributed by atoms with Gasteiger partial charge in [-0.2, -0.15) is 0 Å². The number of carbonyl (C=O) groups is 1. The number of carbonyl (C=O) groups excluding carboxylic acids is 1. The maximum Gasteiger partial charge on any atom is 0.249 e. The third kappa shape index (κ3) is 5.12. The molecule has 5 nitrogen and oxygen atoms in total. The van der Waals surface area contributed by atoms with E-state index in [-0.39, 0.29) is 5.91 Å². The van der Waals surface area contributed by atoms with Crippen LogP contribution in [0.5, 0.6) is 5.75 Å². The van der Waals surface area contributed by atoms with Gasteiger partial charge in [0.05, 0.1) is 12.3 Å². The fourth-order valence-electron chi connectivity index (χ4n) is 2.01. The van der Waals surface area contributed by atoms with Crippen molar-refractivity contribution in [3.05, 3.63) is 53.7 Å². The lowest BCUT2D eigenvalue weighted by Gasteiger charge is -2.11. The van der Waals surface area contributed by atoms with Gasteiger partial charge in [0.1, 0.15) is 11.6 Å². The highest BCUT2D eigenvalue weighted by Gasteiger charge is 2.04. The molecule has 3 N–H and O–H groups in total. The predicted molar refractivity (Wildman–Crippen MR) is 97.8 cm³/mol. The predicted octanol–water partition coefficient (Wildman–Crippen LogP) is 3.66. The number of ether oxygens (including phenoxy) is 1. The minimum Gasteiger partial charge on any atom is -0.491 e. The number of anilines is 2. The average molecular weight is 325 g/mol. The van der Waals surface area contributed by atoms with Crippen molar-refractivity contribution in [1.29, 1.82) is 0 Å². The van der Waals surface area contributed by atoms with Gasteiger partial charge in [-0.3, -0.25) is 4.79 Å². The second kappa shape index (κ2) is 8.15. The summed E-state index contributed by atoms with van der Waals surface area (Å²) in [6, 6.07) is 9.18. The molecule has 24 heavy (non-hydrogen) atoms. The van der Waals surface area contributed by atoms with Crippen LogP contribution in [0.1, 0.15) is 25.0 Å². The monoisotopic (exact) mass is 325 g/mol. The Morgan fingerprint density at radius 3 is 2.83 bits per heavy atom. The quantitative estimate of drug-likeness (QED) is 0.627. The first-order valence-corrected chi connectivity index (χ1v) is 7.88. The zero-order chi connectivity index (χ0) is 17.5. The summed E-state index contributed by atoms with van der Waals surface area (Å²) in [5, 5.41) is 2.75. The van der Waals surface area contributed by atoms with E-state index in [4.69, 9.17) is 10.5 Å². The van der Waals surface area contributed by atoms with E-state index in [1.807, 2.05) is 31.2 Å². The summed E-state index contributed by atoms with van der Waals surface area (Å²) in [7, 11) is 0. The van der Waals surface area contributed by atoms with Gasteiger partial charge in [-0.1, -0.05) is 26.0 Å². The van der Waals surface area contributed by atoms with E-state index in [0.717, 1.165) is 11.1 Å². The molecule has 0 spiro atoms. The van der Waals surface area contributed by atoms with Gasteiger partial charge < -0.3 is 15.8 Å². The van der Waals surface area contributed by atoms with Gasteiger partial charge in [0.2, 0.25) is 5.91 Å². The topological polar surface area (TPSA) is 77.2 Å². The van der Waals surface area contributed by atoms with Crippen LogP contribution in [0.15, 0.2) is 42.6 Å². The Hall–Kier alpha value is -2.82. The number of rotatable bonds is 6. The van der Waals surface area contributed by atoms with Gasteiger partial charge in [-0.15, -0.1) is 0 Å². The summed E-state index contributed by atoms with van der Waals surface area (Å²) >= 11 is 0. The average Bonchev–Trinajstić information content (AvgIpc) is 2.54. The highest BCUT2D eigenvalue weighted by molar-refractivity contribution is 6.01. The van der Waals surface area contributed by atoms with E-state index in [9.17, 15) is 4.79 Å². The summed E-state index contributed by atoms with van der Waals surface area (Å²) in [5.41, 5.74) is 8.29. The van der Waals surface area contributed by atoms with Crippen LogP contribution in [0.3, 0.4) is 0 Å². The number of pyridine rings is 1. The van der Waals surface area contributed by atoms with Crippen LogP contribution >= 0.6 is 0 Å². The van der Waals surface area contributed by atoms with Crippen LogP contribution in [-0.4, -0.2) is 17.5 Å². The number of aromatic nitrogens is 1. The van der Waals surface area contributed by atoms with Crippen LogP contribution in [0, 0.1) is 12.8 Å². The fraction of sp³-hybridized carbons (Fsp3) is 0.263. The molecule has 1 aromatic heterocycles. The van der Waals surface area contributed by atoms with E-state index in [1.54, 1.807) is 18.3 Å². The molecule has 1 heterocycles. The molecule has 1 aromatic carbocycles. The largest absolute Gasteiger partial charge is 0.491 e. The maximum atomic E-state index is 12.0. The van der Waals surface area contributed by atoms with Crippen molar-refractivity contribution in [2.75, 3.05) is 17.7 Å². The van der Waals surface area contributed by atoms with Crippen LogP contribution in [0.25, 0.3) is 6.08 Å². The molecule has 0 atom stereocenters. The Balaban J connectivity index is 2.00. The lowest BCUT2D eigenvalue weighted by Crippen LogP contribution is -2.10. The number of nitrogens with zero attached hydrogens (tertiary/aromatic N) is 1. The minimum atomic E-state index is -0.240. The van der Waals surface area contributed by atoms with E-state index in [1.165, 1.54) is 6.08 Å².